The van der Waals surface area contributed by atoms with Crippen molar-refractivity contribution in [1.82, 2.24) is 0 Å². The van der Waals surface area contributed by atoms with Crippen LogP contribution in [0.5, 0.6) is 0 Å². The van der Waals surface area contributed by atoms with Crippen molar-refractivity contribution in [1.29, 1.82) is 0 Å². The van der Waals surface area contributed by atoms with Crippen LogP contribution in [0.1, 0.15) is 10.6 Å². The largest absolute Gasteiger partial charge is 0.453 e. The molecule has 1 heterocycles. The molecule has 17 heavy (non-hydrogen) atoms. The zero-order valence-electron chi connectivity index (χ0n) is 8.14. The normalized spacial score (nSPS) is 10.6. The Labute approximate surface area is 102 Å². The molecule has 0 saturated heterocycles. The Morgan fingerprint density at radius 2 is 1.88 bits per heavy atom. The van der Waals surface area contributed by atoms with Crippen LogP contribution in [0.15, 0.2) is 27.1 Å². The number of hydrogen-bond donors (Lipinski definition) is 0. The third kappa shape index (κ3) is 2.00. The van der Waals surface area contributed by atoms with Gasteiger partial charge in [0, 0.05) is 0 Å². The number of halogens is 4. The number of benzene rings is 1. The van der Waals surface area contributed by atoms with E-state index < -0.39 is 21.9 Å². The number of hydrogen-bond acceptors (Lipinski definition) is 2. The zero-order chi connectivity index (χ0) is 12.6. The summed E-state index contributed by atoms with van der Waals surface area (Å²) in [5.74, 6) is -3.59. The van der Waals surface area contributed by atoms with E-state index in [1.807, 2.05) is 0 Å². The summed E-state index contributed by atoms with van der Waals surface area (Å²) in [5, 5.41) is 0. The van der Waals surface area contributed by atoms with Crippen molar-refractivity contribution in [2.45, 2.75) is 0 Å². The van der Waals surface area contributed by atoms with Crippen molar-refractivity contribution in [3.63, 3.8) is 0 Å². The van der Waals surface area contributed by atoms with Crippen molar-refractivity contribution in [3.8, 4) is 11.3 Å². The summed E-state index contributed by atoms with van der Waals surface area (Å²) in [6.45, 7) is 0. The van der Waals surface area contributed by atoms with Gasteiger partial charge in [0.05, 0.1) is 10.0 Å². The average molecular weight is 305 g/mol. The van der Waals surface area contributed by atoms with Gasteiger partial charge in [0.1, 0.15) is 5.76 Å². The molecule has 0 aliphatic heterocycles. The van der Waals surface area contributed by atoms with Gasteiger partial charge < -0.3 is 4.42 Å². The highest BCUT2D eigenvalue weighted by Gasteiger charge is 2.19. The Balaban J connectivity index is 2.63. The summed E-state index contributed by atoms with van der Waals surface area (Å²) in [7, 11) is 0. The van der Waals surface area contributed by atoms with Gasteiger partial charge in [0.15, 0.2) is 29.5 Å². The van der Waals surface area contributed by atoms with Gasteiger partial charge in [-0.2, -0.15) is 0 Å². The van der Waals surface area contributed by atoms with Gasteiger partial charge in [-0.3, -0.25) is 4.79 Å². The molecule has 2 nitrogen and oxygen atoms in total. The van der Waals surface area contributed by atoms with Crippen molar-refractivity contribution in [2.75, 3.05) is 0 Å². The topological polar surface area (TPSA) is 30.2 Å². The van der Waals surface area contributed by atoms with Gasteiger partial charge in [-0.25, -0.2) is 13.2 Å². The van der Waals surface area contributed by atoms with E-state index >= 15 is 0 Å². The first-order chi connectivity index (χ1) is 8.04. The number of carbonyl (C=O) groups is 1. The van der Waals surface area contributed by atoms with Gasteiger partial charge in [-0.15, -0.1) is 0 Å². The fourth-order valence-corrected chi connectivity index (χ4v) is 1.72. The van der Waals surface area contributed by atoms with Crippen molar-refractivity contribution in [2.24, 2.45) is 0 Å². The molecule has 2 rings (SSSR count). The van der Waals surface area contributed by atoms with Gasteiger partial charge in [-0.05, 0) is 34.1 Å². The Bertz CT molecular complexity index is 593. The lowest BCUT2D eigenvalue weighted by atomic mass is 10.1. The van der Waals surface area contributed by atoms with Crippen LogP contribution in [0.3, 0.4) is 0 Å². The molecule has 1 aromatic carbocycles. The lowest BCUT2D eigenvalue weighted by molar-refractivity contribution is 0.110. The molecule has 0 aliphatic rings. The van der Waals surface area contributed by atoms with E-state index in [9.17, 15) is 18.0 Å². The Morgan fingerprint density at radius 1 is 1.18 bits per heavy atom. The SMILES string of the molecule is O=Cc1ccc(-c2cc(F)c(F)c(Br)c2F)o1. The predicted octanol–water partition coefficient (Wildman–Crippen LogP) is 3.94. The van der Waals surface area contributed by atoms with Gasteiger partial charge in [0.2, 0.25) is 0 Å². The minimum absolute atomic E-state index is 0.0275. The predicted molar refractivity (Wildman–Crippen MR) is 57.1 cm³/mol. The summed E-state index contributed by atoms with van der Waals surface area (Å²) >= 11 is 2.60. The maximum Gasteiger partial charge on any atom is 0.185 e. The van der Waals surface area contributed by atoms with Crippen LogP contribution >= 0.6 is 15.9 Å². The third-order valence-electron chi connectivity index (χ3n) is 2.11. The molecule has 0 aliphatic carbocycles. The summed E-state index contributed by atoms with van der Waals surface area (Å²) in [6.07, 6.45) is 0.427. The summed E-state index contributed by atoms with van der Waals surface area (Å²) in [5.41, 5.74) is -0.260. The van der Waals surface area contributed by atoms with Crippen LogP contribution in [0.2, 0.25) is 0 Å². The second kappa shape index (κ2) is 4.37. The van der Waals surface area contributed by atoms with Gasteiger partial charge in [0.25, 0.3) is 0 Å². The first-order valence-corrected chi connectivity index (χ1v) is 5.22. The van der Waals surface area contributed by atoms with E-state index in [1.165, 1.54) is 12.1 Å². The molecule has 0 saturated carbocycles. The molecule has 1 aromatic heterocycles. The smallest absolute Gasteiger partial charge is 0.185 e. The molecule has 0 fully saturated rings. The van der Waals surface area contributed by atoms with Crippen LogP contribution in [-0.4, -0.2) is 6.29 Å². The summed E-state index contributed by atoms with van der Waals surface area (Å²) in [4.78, 5) is 10.4. The van der Waals surface area contributed by atoms with Crippen LogP contribution in [-0.2, 0) is 0 Å². The fourth-order valence-electron chi connectivity index (χ4n) is 1.31. The minimum Gasteiger partial charge on any atom is -0.453 e. The maximum absolute atomic E-state index is 13.6. The molecule has 0 unspecified atom stereocenters. The first-order valence-electron chi connectivity index (χ1n) is 4.43. The van der Waals surface area contributed by atoms with Gasteiger partial charge in [-0.1, -0.05) is 0 Å². The second-order valence-electron chi connectivity index (χ2n) is 3.17. The number of carbonyl (C=O) groups excluding carboxylic acids is 1. The lowest BCUT2D eigenvalue weighted by Gasteiger charge is -2.04. The van der Waals surface area contributed by atoms with E-state index in [-0.39, 0.29) is 17.1 Å². The van der Waals surface area contributed by atoms with E-state index in [0.717, 1.165) is 0 Å². The number of rotatable bonds is 2. The fraction of sp³-hybridized carbons (Fsp3) is 0. The monoisotopic (exact) mass is 304 g/mol. The molecule has 0 N–H and O–H groups in total. The van der Waals surface area contributed by atoms with Gasteiger partial charge >= 0.3 is 0 Å². The van der Waals surface area contributed by atoms with E-state index in [1.54, 1.807) is 0 Å². The van der Waals surface area contributed by atoms with E-state index in [0.29, 0.717) is 12.4 Å². The molecular weight excluding hydrogens is 301 g/mol. The van der Waals surface area contributed by atoms with Crippen molar-refractivity contribution < 1.29 is 22.4 Å². The van der Waals surface area contributed by atoms with Crippen LogP contribution < -0.4 is 0 Å². The molecule has 2 aromatic rings. The molecule has 0 amide bonds. The average Bonchev–Trinajstić information content (AvgIpc) is 2.79. The Morgan fingerprint density at radius 3 is 2.47 bits per heavy atom. The third-order valence-corrected chi connectivity index (χ3v) is 2.81. The molecule has 88 valence electrons. The molecular formula is C11H4BrF3O2. The quantitative estimate of drug-likeness (QED) is 0.478. The molecule has 6 heteroatoms. The van der Waals surface area contributed by atoms with Crippen LogP contribution in [0, 0.1) is 17.5 Å². The van der Waals surface area contributed by atoms with Crippen molar-refractivity contribution >= 4 is 22.2 Å². The highest BCUT2D eigenvalue weighted by molar-refractivity contribution is 9.10. The summed E-state index contributed by atoms with van der Waals surface area (Å²) < 4.78 is 44.1. The minimum atomic E-state index is -1.31. The molecule has 0 atom stereocenters. The van der Waals surface area contributed by atoms with Crippen LogP contribution in [0.25, 0.3) is 11.3 Å². The highest BCUT2D eigenvalue weighted by atomic mass is 79.9. The number of furan rings is 1. The Kier molecular flexibility index (Phi) is 3.06. The van der Waals surface area contributed by atoms with E-state index in [2.05, 4.69) is 15.9 Å². The maximum atomic E-state index is 13.6. The van der Waals surface area contributed by atoms with Crippen LogP contribution in [0.4, 0.5) is 13.2 Å². The summed E-state index contributed by atoms with van der Waals surface area (Å²) in [6, 6.07) is 3.27. The van der Waals surface area contributed by atoms with Crippen molar-refractivity contribution in [3.05, 3.63) is 45.9 Å². The standard InChI is InChI=1S/C11H4BrF3O2/c12-9-10(14)6(3-7(13)11(9)15)8-2-1-5(4-16)17-8/h1-4H. The molecule has 0 bridgehead atoms. The lowest BCUT2D eigenvalue weighted by Crippen LogP contribution is -1.93. The van der Waals surface area contributed by atoms with E-state index in [4.69, 9.17) is 4.42 Å². The molecule has 0 radical (unpaired) electrons. The number of aldehydes is 1. The Hall–Kier alpha value is -1.56. The highest BCUT2D eigenvalue weighted by Crippen LogP contribution is 2.32. The first kappa shape index (κ1) is 11.9. The zero-order valence-corrected chi connectivity index (χ0v) is 9.72. The molecule has 0 spiro atoms. The second-order valence-corrected chi connectivity index (χ2v) is 3.96.